The van der Waals surface area contributed by atoms with Crippen LogP contribution in [0.4, 0.5) is 0 Å². The first-order valence-electron chi connectivity index (χ1n) is 5.22. The van der Waals surface area contributed by atoms with E-state index in [9.17, 15) is 9.90 Å². The van der Waals surface area contributed by atoms with Gasteiger partial charge in [0.25, 0.3) is 5.91 Å². The third kappa shape index (κ3) is 3.91. The normalized spacial score (nSPS) is 12.3. The van der Waals surface area contributed by atoms with Crippen molar-refractivity contribution in [3.63, 3.8) is 0 Å². The van der Waals surface area contributed by atoms with Gasteiger partial charge in [0.1, 0.15) is 0 Å². The van der Waals surface area contributed by atoms with Gasteiger partial charge in [0, 0.05) is 18.5 Å². The minimum absolute atomic E-state index is 0.174. The number of carbonyl (C=O) groups excluding carboxylic acids is 1. The molecule has 0 aliphatic carbocycles. The van der Waals surface area contributed by atoms with Gasteiger partial charge in [-0.15, -0.1) is 11.8 Å². The Morgan fingerprint density at radius 3 is 2.76 bits per heavy atom. The molecule has 1 amide bonds. The van der Waals surface area contributed by atoms with Crippen molar-refractivity contribution in [2.75, 3.05) is 19.8 Å². The molecule has 0 aliphatic rings. The summed E-state index contributed by atoms with van der Waals surface area (Å²) in [6, 6.07) is 5.36. The van der Waals surface area contributed by atoms with Crippen molar-refractivity contribution in [2.24, 2.45) is 0 Å². The van der Waals surface area contributed by atoms with Crippen LogP contribution in [0.25, 0.3) is 0 Å². The van der Waals surface area contributed by atoms with Gasteiger partial charge >= 0.3 is 0 Å². The van der Waals surface area contributed by atoms with Crippen LogP contribution in [0.15, 0.2) is 23.1 Å². The molecular weight excluding hydrogens is 258 g/mol. The van der Waals surface area contributed by atoms with Gasteiger partial charge in [0.15, 0.2) is 0 Å². The molecule has 0 aromatic heterocycles. The van der Waals surface area contributed by atoms with E-state index in [2.05, 4.69) is 0 Å². The second-order valence-electron chi connectivity index (χ2n) is 3.88. The predicted octanol–water partition coefficient (Wildman–Crippen LogP) is 2.51. The number of hydrogen-bond acceptors (Lipinski definition) is 3. The third-order valence-electron chi connectivity index (χ3n) is 2.29. The van der Waals surface area contributed by atoms with Crippen LogP contribution in [-0.2, 0) is 0 Å². The van der Waals surface area contributed by atoms with Crippen molar-refractivity contribution in [3.8, 4) is 0 Å². The fourth-order valence-corrected chi connectivity index (χ4v) is 2.12. The first kappa shape index (κ1) is 14.4. The van der Waals surface area contributed by atoms with Gasteiger partial charge in [0.2, 0.25) is 0 Å². The van der Waals surface area contributed by atoms with Crippen LogP contribution in [0.5, 0.6) is 0 Å². The van der Waals surface area contributed by atoms with E-state index in [1.807, 2.05) is 12.3 Å². The van der Waals surface area contributed by atoms with E-state index >= 15 is 0 Å². The lowest BCUT2D eigenvalue weighted by molar-refractivity contribution is 0.0703. The Morgan fingerprint density at radius 1 is 1.59 bits per heavy atom. The number of amides is 1. The predicted molar refractivity (Wildman–Crippen MR) is 71.9 cm³/mol. The van der Waals surface area contributed by atoms with Gasteiger partial charge < -0.3 is 10.0 Å². The van der Waals surface area contributed by atoms with Crippen LogP contribution >= 0.6 is 23.4 Å². The molecule has 1 rings (SSSR count). The summed E-state index contributed by atoms with van der Waals surface area (Å²) in [7, 11) is 1.65. The Labute approximate surface area is 111 Å². The van der Waals surface area contributed by atoms with Gasteiger partial charge in [0.05, 0.1) is 16.7 Å². The number of aliphatic hydroxyl groups excluding tert-OH is 1. The Bertz CT molecular complexity index is 409. The number of likely N-dealkylation sites (N-methyl/N-ethyl adjacent to an activating group) is 1. The number of halogens is 1. The minimum atomic E-state index is -0.550. The molecule has 17 heavy (non-hydrogen) atoms. The molecule has 0 spiro atoms. The summed E-state index contributed by atoms with van der Waals surface area (Å²) in [6.45, 7) is 1.93. The van der Waals surface area contributed by atoms with Crippen molar-refractivity contribution in [2.45, 2.75) is 17.9 Å². The lowest BCUT2D eigenvalue weighted by Gasteiger charge is -2.19. The zero-order chi connectivity index (χ0) is 13.0. The van der Waals surface area contributed by atoms with Crippen molar-refractivity contribution >= 4 is 29.3 Å². The summed E-state index contributed by atoms with van der Waals surface area (Å²) in [5, 5.41) is 9.69. The first-order chi connectivity index (χ1) is 7.95. The van der Waals surface area contributed by atoms with Gasteiger partial charge in [-0.3, -0.25) is 4.79 Å². The number of thioether (sulfide) groups is 1. The molecule has 0 fully saturated rings. The van der Waals surface area contributed by atoms with E-state index in [1.54, 1.807) is 37.9 Å². The summed E-state index contributed by atoms with van der Waals surface area (Å²) >= 11 is 7.57. The van der Waals surface area contributed by atoms with Crippen molar-refractivity contribution < 1.29 is 9.90 Å². The zero-order valence-electron chi connectivity index (χ0n) is 10.1. The molecule has 0 saturated carbocycles. The number of benzene rings is 1. The molecule has 1 N–H and O–H groups in total. The molecule has 3 nitrogen and oxygen atoms in total. The smallest absolute Gasteiger partial charge is 0.255 e. The van der Waals surface area contributed by atoms with Crippen LogP contribution in [0, 0.1) is 0 Å². The average molecular weight is 274 g/mol. The molecule has 94 valence electrons. The quantitative estimate of drug-likeness (QED) is 0.857. The van der Waals surface area contributed by atoms with Gasteiger partial charge in [-0.25, -0.2) is 0 Å². The highest BCUT2D eigenvalue weighted by Crippen LogP contribution is 2.24. The Kier molecular flexibility index (Phi) is 5.31. The number of carbonyl (C=O) groups is 1. The average Bonchev–Trinajstić information content (AvgIpc) is 2.28. The zero-order valence-corrected chi connectivity index (χ0v) is 11.7. The van der Waals surface area contributed by atoms with Crippen LogP contribution in [0.1, 0.15) is 17.3 Å². The number of nitrogens with zero attached hydrogens (tertiary/aromatic N) is 1. The van der Waals surface area contributed by atoms with Crippen LogP contribution in [0.2, 0.25) is 5.02 Å². The van der Waals surface area contributed by atoms with Crippen molar-refractivity contribution in [3.05, 3.63) is 28.8 Å². The van der Waals surface area contributed by atoms with Gasteiger partial charge in [-0.05, 0) is 31.4 Å². The monoisotopic (exact) mass is 273 g/mol. The maximum absolute atomic E-state index is 12.1. The number of aliphatic hydroxyl groups is 1. The van der Waals surface area contributed by atoms with Crippen LogP contribution in [0.3, 0.4) is 0 Å². The summed E-state index contributed by atoms with van der Waals surface area (Å²) in [5.41, 5.74) is 0.474. The molecule has 5 heteroatoms. The minimum Gasteiger partial charge on any atom is -0.392 e. The summed E-state index contributed by atoms with van der Waals surface area (Å²) in [5.74, 6) is -0.174. The third-order valence-corrected chi connectivity index (χ3v) is 3.34. The molecule has 1 unspecified atom stereocenters. The molecule has 0 saturated heterocycles. The van der Waals surface area contributed by atoms with E-state index in [0.717, 1.165) is 4.90 Å². The molecule has 1 atom stereocenters. The lowest BCUT2D eigenvalue weighted by Crippen LogP contribution is -2.33. The first-order valence-corrected chi connectivity index (χ1v) is 6.83. The van der Waals surface area contributed by atoms with E-state index in [-0.39, 0.29) is 5.91 Å². The lowest BCUT2D eigenvalue weighted by atomic mass is 10.2. The molecular formula is C12H16ClNO2S. The summed E-state index contributed by atoms with van der Waals surface area (Å²) in [6.07, 6.45) is 1.39. The highest BCUT2D eigenvalue weighted by atomic mass is 35.5. The molecule has 0 radical (unpaired) electrons. The SMILES string of the molecule is CSc1ccc(Cl)c(C(=O)N(C)CC(C)O)c1. The van der Waals surface area contributed by atoms with Crippen LogP contribution in [-0.4, -0.2) is 41.9 Å². The fourth-order valence-electron chi connectivity index (χ4n) is 1.48. The number of hydrogen-bond donors (Lipinski definition) is 1. The molecule has 1 aromatic carbocycles. The second kappa shape index (κ2) is 6.28. The maximum Gasteiger partial charge on any atom is 0.255 e. The van der Waals surface area contributed by atoms with Crippen LogP contribution < -0.4 is 0 Å². The van der Waals surface area contributed by atoms with Gasteiger partial charge in [-0.1, -0.05) is 11.6 Å². The molecule has 0 aliphatic heterocycles. The maximum atomic E-state index is 12.1. The summed E-state index contributed by atoms with van der Waals surface area (Å²) < 4.78 is 0. The Hall–Kier alpha value is -0.710. The highest BCUT2D eigenvalue weighted by Gasteiger charge is 2.16. The Balaban J connectivity index is 2.94. The van der Waals surface area contributed by atoms with Gasteiger partial charge in [-0.2, -0.15) is 0 Å². The molecule has 0 bridgehead atoms. The number of rotatable bonds is 4. The topological polar surface area (TPSA) is 40.5 Å². The molecule has 0 heterocycles. The Morgan fingerprint density at radius 2 is 2.24 bits per heavy atom. The van der Waals surface area contributed by atoms with E-state index in [4.69, 9.17) is 11.6 Å². The molecule has 1 aromatic rings. The van der Waals surface area contributed by atoms with E-state index in [1.165, 1.54) is 4.90 Å². The highest BCUT2D eigenvalue weighted by molar-refractivity contribution is 7.98. The summed E-state index contributed by atoms with van der Waals surface area (Å²) in [4.78, 5) is 14.5. The van der Waals surface area contributed by atoms with E-state index < -0.39 is 6.10 Å². The largest absolute Gasteiger partial charge is 0.392 e. The van der Waals surface area contributed by atoms with Crippen molar-refractivity contribution in [1.29, 1.82) is 0 Å². The van der Waals surface area contributed by atoms with E-state index in [0.29, 0.717) is 17.1 Å². The second-order valence-corrected chi connectivity index (χ2v) is 5.17. The standard InChI is InChI=1S/C12H16ClNO2S/c1-8(15)7-14(2)12(16)10-6-9(17-3)4-5-11(10)13/h4-6,8,15H,7H2,1-3H3. The fraction of sp³-hybridized carbons (Fsp3) is 0.417. The van der Waals surface area contributed by atoms with Crippen molar-refractivity contribution in [1.82, 2.24) is 4.90 Å².